The lowest BCUT2D eigenvalue weighted by Gasteiger charge is -2.45. The van der Waals surface area contributed by atoms with Crippen molar-refractivity contribution in [3.63, 3.8) is 0 Å². The maximum atomic E-state index is 12.8. The first-order valence-electron chi connectivity index (χ1n) is 11.5. The van der Waals surface area contributed by atoms with Crippen LogP contribution in [0.4, 0.5) is 0 Å². The average molecular weight is 414 g/mol. The number of esters is 1. The number of fused-ring (bicyclic) bond motifs is 2. The second-order valence-electron chi connectivity index (χ2n) is 10.1. The lowest BCUT2D eigenvalue weighted by molar-refractivity contribution is -0.906. The van der Waals surface area contributed by atoms with Crippen molar-refractivity contribution in [2.24, 2.45) is 17.3 Å². The Morgan fingerprint density at radius 1 is 1.33 bits per heavy atom. The van der Waals surface area contributed by atoms with Gasteiger partial charge in [-0.3, -0.25) is 9.59 Å². The number of quaternary nitrogens is 1. The van der Waals surface area contributed by atoms with Crippen molar-refractivity contribution in [1.29, 1.82) is 0 Å². The standard InChI is InChI=1S/C24H32N2O4/c1-16-5-3-7-24(2)14-21-17(13-19(16)24)18(23(28)30-21)15-25-8-10-26(11-9-25)22(27)20-6-4-12-29-20/h4,6,12,17-18,21H,3,5,7-11,13-15H2,1-2H3/p+1/t17-,18-,21-,24-/m1/s1. The lowest BCUT2D eigenvalue weighted by atomic mass is 9.59. The molecule has 0 radical (unpaired) electrons. The lowest BCUT2D eigenvalue weighted by Crippen LogP contribution is -3.15. The molecule has 4 aliphatic rings. The maximum Gasteiger partial charge on any atom is 0.315 e. The topological polar surface area (TPSA) is 64.2 Å². The van der Waals surface area contributed by atoms with Gasteiger partial charge in [0, 0.05) is 5.92 Å². The summed E-state index contributed by atoms with van der Waals surface area (Å²) in [5, 5.41) is 0. The van der Waals surface area contributed by atoms with Gasteiger partial charge in [0.15, 0.2) is 5.76 Å². The van der Waals surface area contributed by atoms with E-state index in [1.54, 1.807) is 23.3 Å². The van der Waals surface area contributed by atoms with Crippen LogP contribution in [0.15, 0.2) is 34.0 Å². The van der Waals surface area contributed by atoms with E-state index in [0.29, 0.717) is 24.8 Å². The van der Waals surface area contributed by atoms with Crippen LogP contribution in [0.2, 0.25) is 0 Å². The van der Waals surface area contributed by atoms with Crippen LogP contribution >= 0.6 is 0 Å². The molecule has 162 valence electrons. The summed E-state index contributed by atoms with van der Waals surface area (Å²) in [6, 6.07) is 3.46. The summed E-state index contributed by atoms with van der Waals surface area (Å²) in [6.07, 6.45) is 7.33. The molecule has 4 atom stereocenters. The molecule has 1 aromatic heterocycles. The van der Waals surface area contributed by atoms with E-state index in [1.165, 1.54) is 30.4 Å². The molecule has 30 heavy (non-hydrogen) atoms. The first kappa shape index (κ1) is 19.9. The van der Waals surface area contributed by atoms with Gasteiger partial charge in [-0.2, -0.15) is 0 Å². The molecule has 6 nitrogen and oxygen atoms in total. The highest BCUT2D eigenvalue weighted by Gasteiger charge is 2.54. The van der Waals surface area contributed by atoms with Gasteiger partial charge >= 0.3 is 5.97 Å². The molecule has 5 rings (SSSR count). The van der Waals surface area contributed by atoms with E-state index in [-0.39, 0.29) is 29.3 Å². The molecule has 2 aliphatic heterocycles. The first-order chi connectivity index (χ1) is 14.4. The van der Waals surface area contributed by atoms with Gasteiger partial charge in [-0.25, -0.2) is 0 Å². The molecule has 2 saturated heterocycles. The minimum absolute atomic E-state index is 0.00657. The SMILES string of the molecule is CC1=C2C[C@H]3[C@@H](C[C@@]2(C)CCC1)OC(=O)[C@@H]3C[NH+]1CCN(C(=O)c2ccco2)CC1. The minimum Gasteiger partial charge on any atom is -0.462 e. The summed E-state index contributed by atoms with van der Waals surface area (Å²) < 4.78 is 11.2. The molecule has 1 aromatic rings. The molecule has 1 saturated carbocycles. The normalized spacial score (nSPS) is 34.5. The Balaban J connectivity index is 1.23. The number of hydrogen-bond donors (Lipinski definition) is 1. The van der Waals surface area contributed by atoms with Crippen molar-refractivity contribution in [2.75, 3.05) is 32.7 Å². The Bertz CT molecular complexity index is 853. The van der Waals surface area contributed by atoms with Crippen molar-refractivity contribution in [3.05, 3.63) is 35.3 Å². The number of piperazine rings is 1. The number of nitrogens with one attached hydrogen (secondary N) is 1. The largest absolute Gasteiger partial charge is 0.462 e. The Hall–Kier alpha value is -2.08. The molecule has 0 aromatic carbocycles. The van der Waals surface area contributed by atoms with Gasteiger partial charge < -0.3 is 19.0 Å². The zero-order chi connectivity index (χ0) is 20.9. The predicted octanol–water partition coefficient (Wildman–Crippen LogP) is 2.08. The van der Waals surface area contributed by atoms with Gasteiger partial charge in [-0.05, 0) is 56.6 Å². The summed E-state index contributed by atoms with van der Waals surface area (Å²) in [6.45, 7) is 8.63. The third-order valence-corrected chi connectivity index (χ3v) is 8.18. The Morgan fingerprint density at radius 2 is 2.13 bits per heavy atom. The Morgan fingerprint density at radius 3 is 2.87 bits per heavy atom. The highest BCUT2D eigenvalue weighted by Crippen LogP contribution is 2.54. The van der Waals surface area contributed by atoms with Crippen LogP contribution in [0, 0.1) is 17.3 Å². The van der Waals surface area contributed by atoms with Crippen LogP contribution in [-0.4, -0.2) is 55.6 Å². The van der Waals surface area contributed by atoms with E-state index >= 15 is 0 Å². The second kappa shape index (κ2) is 7.56. The number of amides is 1. The molecular formula is C24H33N2O4+. The summed E-state index contributed by atoms with van der Waals surface area (Å²) in [5.41, 5.74) is 3.39. The van der Waals surface area contributed by atoms with E-state index in [0.717, 1.165) is 32.5 Å². The third-order valence-electron chi connectivity index (χ3n) is 8.18. The van der Waals surface area contributed by atoms with E-state index < -0.39 is 0 Å². The number of nitrogens with zero attached hydrogens (tertiary/aromatic N) is 1. The molecule has 0 bridgehead atoms. The number of carbonyl (C=O) groups excluding carboxylic acids is 2. The third kappa shape index (κ3) is 3.39. The Kier molecular flexibility index (Phi) is 5.00. The minimum atomic E-state index is -0.0364. The zero-order valence-electron chi connectivity index (χ0n) is 18.1. The van der Waals surface area contributed by atoms with Crippen LogP contribution in [0.5, 0.6) is 0 Å². The van der Waals surface area contributed by atoms with E-state index in [4.69, 9.17) is 9.15 Å². The highest BCUT2D eigenvalue weighted by atomic mass is 16.6. The number of rotatable bonds is 3. The predicted molar refractivity (Wildman–Crippen MR) is 111 cm³/mol. The van der Waals surface area contributed by atoms with Crippen LogP contribution in [-0.2, 0) is 9.53 Å². The van der Waals surface area contributed by atoms with Gasteiger partial charge in [0.2, 0.25) is 0 Å². The molecular weight excluding hydrogens is 380 g/mol. The molecule has 6 heteroatoms. The smallest absolute Gasteiger partial charge is 0.315 e. The van der Waals surface area contributed by atoms with Crippen molar-refractivity contribution in [2.45, 2.75) is 52.1 Å². The van der Waals surface area contributed by atoms with Crippen molar-refractivity contribution >= 4 is 11.9 Å². The van der Waals surface area contributed by atoms with Gasteiger partial charge in [-0.1, -0.05) is 18.1 Å². The van der Waals surface area contributed by atoms with Crippen LogP contribution in [0.1, 0.15) is 56.5 Å². The molecule has 1 N–H and O–H groups in total. The maximum absolute atomic E-state index is 12.8. The number of furan rings is 1. The number of ether oxygens (including phenoxy) is 1. The van der Waals surface area contributed by atoms with E-state index in [1.807, 2.05) is 4.90 Å². The van der Waals surface area contributed by atoms with E-state index in [2.05, 4.69) is 13.8 Å². The van der Waals surface area contributed by atoms with E-state index in [9.17, 15) is 9.59 Å². The molecule has 3 heterocycles. The molecule has 0 spiro atoms. The van der Waals surface area contributed by atoms with Gasteiger partial charge in [0.05, 0.1) is 39.0 Å². The zero-order valence-corrected chi connectivity index (χ0v) is 18.1. The quantitative estimate of drug-likeness (QED) is 0.609. The fourth-order valence-corrected chi connectivity index (χ4v) is 6.44. The monoisotopic (exact) mass is 413 g/mol. The van der Waals surface area contributed by atoms with Crippen LogP contribution in [0.25, 0.3) is 0 Å². The number of allylic oxidation sites excluding steroid dienone is 2. The summed E-state index contributed by atoms with van der Waals surface area (Å²) in [5.74, 6) is 0.688. The number of carbonyl (C=O) groups is 2. The molecule has 1 amide bonds. The Labute approximate surface area is 178 Å². The van der Waals surface area contributed by atoms with Gasteiger partial charge in [0.1, 0.15) is 12.0 Å². The van der Waals surface area contributed by atoms with Crippen molar-refractivity contribution in [3.8, 4) is 0 Å². The molecule has 0 unspecified atom stereocenters. The van der Waals surface area contributed by atoms with Crippen LogP contribution < -0.4 is 4.90 Å². The van der Waals surface area contributed by atoms with Gasteiger partial charge in [0.25, 0.3) is 5.91 Å². The number of hydrogen-bond acceptors (Lipinski definition) is 4. The van der Waals surface area contributed by atoms with Crippen molar-refractivity contribution in [1.82, 2.24) is 4.90 Å². The fourth-order valence-electron chi connectivity index (χ4n) is 6.44. The fraction of sp³-hybridized carbons (Fsp3) is 0.667. The first-order valence-corrected chi connectivity index (χ1v) is 11.5. The summed E-state index contributed by atoms with van der Waals surface area (Å²) in [4.78, 5) is 28.6. The molecule has 2 aliphatic carbocycles. The molecule has 3 fully saturated rings. The average Bonchev–Trinajstić information content (AvgIpc) is 3.35. The summed E-state index contributed by atoms with van der Waals surface area (Å²) in [7, 11) is 0. The highest BCUT2D eigenvalue weighted by molar-refractivity contribution is 5.91. The van der Waals surface area contributed by atoms with Crippen molar-refractivity contribution < 1.29 is 23.6 Å². The van der Waals surface area contributed by atoms with Gasteiger partial charge in [-0.15, -0.1) is 0 Å². The summed E-state index contributed by atoms with van der Waals surface area (Å²) >= 11 is 0. The van der Waals surface area contributed by atoms with Crippen LogP contribution in [0.3, 0.4) is 0 Å². The second-order valence-corrected chi connectivity index (χ2v) is 10.1.